The number of thiophene rings is 1. The van der Waals surface area contributed by atoms with E-state index in [2.05, 4.69) is 41.0 Å². The molecule has 0 fully saturated rings. The third-order valence-electron chi connectivity index (χ3n) is 3.70. The van der Waals surface area contributed by atoms with Gasteiger partial charge >= 0.3 is 0 Å². The highest BCUT2D eigenvalue weighted by Gasteiger charge is 2.11. The molecule has 3 nitrogen and oxygen atoms in total. The molecule has 2 aromatic carbocycles. The third-order valence-corrected chi connectivity index (χ3v) is 4.58. The van der Waals surface area contributed by atoms with E-state index in [1.165, 1.54) is 4.88 Å². The number of methoxy groups -OCH3 is 1. The van der Waals surface area contributed by atoms with Gasteiger partial charge in [0, 0.05) is 23.5 Å². The highest BCUT2D eigenvalue weighted by atomic mass is 35.5. The van der Waals surface area contributed by atoms with Crippen LogP contribution in [0.4, 0.5) is 0 Å². The zero-order valence-electron chi connectivity index (χ0n) is 14.1. The van der Waals surface area contributed by atoms with Crippen molar-refractivity contribution in [3.05, 3.63) is 82.0 Å². The first kappa shape index (κ1) is 19.3. The predicted octanol–water partition coefficient (Wildman–Crippen LogP) is 1.63. The average Bonchev–Trinajstić information content (AvgIpc) is 3.14. The molecule has 0 bridgehead atoms. The van der Waals surface area contributed by atoms with Crippen molar-refractivity contribution in [3.8, 4) is 11.5 Å². The summed E-state index contributed by atoms with van der Waals surface area (Å²) in [6.45, 7) is 2.12. The van der Waals surface area contributed by atoms with Crippen LogP contribution >= 0.6 is 11.3 Å². The molecule has 3 rings (SSSR count). The molecule has 0 unspecified atom stereocenters. The summed E-state index contributed by atoms with van der Waals surface area (Å²) in [5, 5.41) is 5.56. The Hall–Kier alpha value is -2.01. The first-order valence-corrected chi connectivity index (χ1v) is 8.80. The minimum absolute atomic E-state index is 0. The van der Waals surface area contributed by atoms with E-state index in [9.17, 15) is 0 Å². The van der Waals surface area contributed by atoms with Gasteiger partial charge in [0.1, 0.15) is 6.61 Å². The quantitative estimate of drug-likeness (QED) is 0.650. The van der Waals surface area contributed by atoms with E-state index in [-0.39, 0.29) is 12.4 Å². The van der Waals surface area contributed by atoms with Gasteiger partial charge in [0.25, 0.3) is 0 Å². The Balaban J connectivity index is 0.00000225. The lowest BCUT2D eigenvalue weighted by molar-refractivity contribution is -0.00000530. The van der Waals surface area contributed by atoms with Crippen molar-refractivity contribution < 1.29 is 21.9 Å². The molecule has 0 aliphatic carbocycles. The predicted molar refractivity (Wildman–Crippen MR) is 98.6 cm³/mol. The minimum atomic E-state index is 0. The fourth-order valence-corrected chi connectivity index (χ4v) is 3.16. The smallest absolute Gasteiger partial charge is 0.166 e. The number of halogens is 1. The first-order valence-electron chi connectivity index (χ1n) is 7.92. The summed E-state index contributed by atoms with van der Waals surface area (Å²) in [5.74, 6) is 1.57. The number of hydrogen-bond donors (Lipinski definition) is 1. The molecule has 1 aromatic heterocycles. The van der Waals surface area contributed by atoms with Crippen LogP contribution in [0.15, 0.2) is 66.0 Å². The van der Waals surface area contributed by atoms with Crippen LogP contribution in [-0.4, -0.2) is 7.11 Å². The van der Waals surface area contributed by atoms with Crippen molar-refractivity contribution in [2.75, 3.05) is 7.11 Å². The van der Waals surface area contributed by atoms with Crippen LogP contribution in [0, 0.1) is 0 Å². The summed E-state index contributed by atoms with van der Waals surface area (Å²) >= 11 is 1.76. The number of benzene rings is 2. The molecule has 25 heavy (non-hydrogen) atoms. The molecule has 5 heteroatoms. The monoisotopic (exact) mass is 374 g/mol. The summed E-state index contributed by atoms with van der Waals surface area (Å²) in [7, 11) is 1.67. The molecule has 0 saturated heterocycles. The lowest BCUT2D eigenvalue weighted by atomic mass is 10.1. The summed E-state index contributed by atoms with van der Waals surface area (Å²) in [5.41, 5.74) is 2.24. The van der Waals surface area contributed by atoms with Gasteiger partial charge in [0.2, 0.25) is 0 Å². The van der Waals surface area contributed by atoms with Gasteiger partial charge in [-0.2, -0.15) is 0 Å². The van der Waals surface area contributed by atoms with Gasteiger partial charge in [0.15, 0.2) is 11.5 Å². The normalized spacial score (nSPS) is 10.1. The first-order chi connectivity index (χ1) is 11.9. The Bertz CT molecular complexity index is 748. The second kappa shape index (κ2) is 10.1. The van der Waals surface area contributed by atoms with Crippen LogP contribution in [-0.2, 0) is 19.7 Å². The molecule has 1 heterocycles. The van der Waals surface area contributed by atoms with Gasteiger partial charge in [-0.1, -0.05) is 48.5 Å². The summed E-state index contributed by atoms with van der Waals surface area (Å²) in [6, 6.07) is 20.4. The largest absolute Gasteiger partial charge is 1.00 e. The molecule has 0 amide bonds. The standard InChI is InChI=1S/C20H21NO2S.ClH/c1-22-19-11-5-9-17(13-21-14-18-10-6-12-24-18)20(19)23-15-16-7-3-2-4-8-16;/h2-12,21H,13-15H2,1H3;1H/p-1. The second-order valence-corrected chi connectivity index (χ2v) is 6.44. The molecule has 0 aliphatic rings. The minimum Gasteiger partial charge on any atom is -1.00 e. The van der Waals surface area contributed by atoms with E-state index in [0.29, 0.717) is 6.61 Å². The molecule has 0 spiro atoms. The lowest BCUT2D eigenvalue weighted by Gasteiger charge is -2.15. The third kappa shape index (κ3) is 5.49. The van der Waals surface area contributed by atoms with Crippen LogP contribution < -0.4 is 27.2 Å². The Morgan fingerprint density at radius 2 is 1.76 bits per heavy atom. The maximum absolute atomic E-state index is 6.07. The maximum atomic E-state index is 6.07. The van der Waals surface area contributed by atoms with Crippen LogP contribution in [0.1, 0.15) is 16.0 Å². The van der Waals surface area contributed by atoms with Crippen LogP contribution in [0.3, 0.4) is 0 Å². The Labute approximate surface area is 159 Å². The van der Waals surface area contributed by atoms with E-state index in [1.807, 2.05) is 30.3 Å². The lowest BCUT2D eigenvalue weighted by Crippen LogP contribution is -3.00. The molecule has 0 aliphatic heterocycles. The zero-order valence-corrected chi connectivity index (χ0v) is 15.6. The number of para-hydroxylation sites is 1. The van der Waals surface area contributed by atoms with Gasteiger partial charge in [-0.3, -0.25) is 0 Å². The van der Waals surface area contributed by atoms with E-state index in [0.717, 1.165) is 35.7 Å². The van der Waals surface area contributed by atoms with E-state index in [1.54, 1.807) is 18.4 Å². The number of rotatable bonds is 8. The Morgan fingerprint density at radius 3 is 2.48 bits per heavy atom. The Kier molecular flexibility index (Phi) is 7.79. The Morgan fingerprint density at radius 1 is 0.920 bits per heavy atom. The van der Waals surface area contributed by atoms with Crippen molar-refractivity contribution in [3.63, 3.8) is 0 Å². The highest BCUT2D eigenvalue weighted by molar-refractivity contribution is 7.09. The number of nitrogens with one attached hydrogen (secondary N) is 1. The molecule has 1 N–H and O–H groups in total. The highest BCUT2D eigenvalue weighted by Crippen LogP contribution is 2.31. The van der Waals surface area contributed by atoms with Crippen molar-refractivity contribution in [2.24, 2.45) is 0 Å². The van der Waals surface area contributed by atoms with Crippen molar-refractivity contribution >= 4 is 11.3 Å². The molecule has 0 saturated carbocycles. The fraction of sp³-hybridized carbons (Fsp3) is 0.200. The van der Waals surface area contributed by atoms with Gasteiger partial charge in [0.05, 0.1) is 7.11 Å². The molecule has 0 radical (unpaired) electrons. The SMILES string of the molecule is COc1cccc(CNCc2cccs2)c1OCc1ccccc1.[Cl-]. The van der Waals surface area contributed by atoms with Gasteiger partial charge in [-0.15, -0.1) is 11.3 Å². The molecule has 3 aromatic rings. The zero-order chi connectivity index (χ0) is 16.6. The van der Waals surface area contributed by atoms with E-state index in [4.69, 9.17) is 9.47 Å². The second-order valence-electron chi connectivity index (χ2n) is 5.41. The summed E-state index contributed by atoms with van der Waals surface area (Å²) < 4.78 is 11.5. The van der Waals surface area contributed by atoms with Crippen LogP contribution in [0.25, 0.3) is 0 Å². The number of ether oxygens (including phenoxy) is 2. The van der Waals surface area contributed by atoms with Crippen molar-refractivity contribution in [1.29, 1.82) is 0 Å². The van der Waals surface area contributed by atoms with Crippen molar-refractivity contribution in [1.82, 2.24) is 5.32 Å². The average molecular weight is 375 g/mol. The molecule has 0 atom stereocenters. The van der Waals surface area contributed by atoms with E-state index >= 15 is 0 Å². The fourth-order valence-electron chi connectivity index (χ4n) is 2.49. The van der Waals surface area contributed by atoms with E-state index < -0.39 is 0 Å². The van der Waals surface area contributed by atoms with Gasteiger partial charge in [-0.05, 0) is 23.1 Å². The molecular formula is C20H21ClNO2S-. The topological polar surface area (TPSA) is 30.5 Å². The molecular weight excluding hydrogens is 354 g/mol. The maximum Gasteiger partial charge on any atom is 0.166 e. The van der Waals surface area contributed by atoms with Gasteiger partial charge in [-0.25, -0.2) is 0 Å². The van der Waals surface area contributed by atoms with Crippen molar-refractivity contribution in [2.45, 2.75) is 19.7 Å². The van der Waals surface area contributed by atoms with Crippen LogP contribution in [0.5, 0.6) is 11.5 Å². The summed E-state index contributed by atoms with van der Waals surface area (Å²) in [4.78, 5) is 1.32. The van der Waals surface area contributed by atoms with Gasteiger partial charge < -0.3 is 27.2 Å². The summed E-state index contributed by atoms with van der Waals surface area (Å²) in [6.07, 6.45) is 0. The van der Waals surface area contributed by atoms with Crippen LogP contribution in [0.2, 0.25) is 0 Å². The number of hydrogen-bond acceptors (Lipinski definition) is 4. The molecule has 132 valence electrons.